The Bertz CT molecular complexity index is 418. The molecule has 0 aliphatic rings. The van der Waals surface area contributed by atoms with Crippen molar-refractivity contribution in [1.82, 2.24) is 0 Å². The van der Waals surface area contributed by atoms with Gasteiger partial charge < -0.3 is 4.74 Å². The predicted octanol–water partition coefficient (Wildman–Crippen LogP) is 6.21. The van der Waals surface area contributed by atoms with E-state index >= 15 is 0 Å². The average molecular weight is 353 g/mol. The smallest absolute Gasteiger partial charge is 0.420 e. The maximum absolute atomic E-state index is 12.9. The Labute approximate surface area is 126 Å². The first kappa shape index (κ1) is 17.3. The third-order valence-corrected chi connectivity index (χ3v) is 3.53. The van der Waals surface area contributed by atoms with Crippen molar-refractivity contribution < 1.29 is 17.9 Å². The van der Waals surface area contributed by atoms with Gasteiger partial charge in [-0.3, -0.25) is 0 Å². The quantitative estimate of drug-likeness (QED) is 0.530. The summed E-state index contributed by atoms with van der Waals surface area (Å²) in [6, 6.07) is 3.99. The Morgan fingerprint density at radius 2 is 1.90 bits per heavy atom. The lowest BCUT2D eigenvalue weighted by molar-refractivity contribution is -0.139. The fraction of sp³-hybridized carbons (Fsp3) is 0.600. The molecule has 0 radical (unpaired) electrons. The molecule has 1 aromatic carbocycles. The first-order valence-electron chi connectivity index (χ1n) is 6.88. The lowest BCUT2D eigenvalue weighted by atomic mass is 10.1. The van der Waals surface area contributed by atoms with Gasteiger partial charge in [0, 0.05) is 4.47 Å². The number of alkyl halides is 3. The van der Waals surface area contributed by atoms with Gasteiger partial charge in [-0.2, -0.15) is 13.2 Å². The fourth-order valence-electron chi connectivity index (χ4n) is 1.96. The highest BCUT2D eigenvalue weighted by molar-refractivity contribution is 9.10. The van der Waals surface area contributed by atoms with Gasteiger partial charge in [-0.15, -0.1) is 0 Å². The van der Waals surface area contributed by atoms with Crippen LogP contribution < -0.4 is 4.74 Å². The van der Waals surface area contributed by atoms with Crippen molar-refractivity contribution in [2.24, 2.45) is 0 Å². The van der Waals surface area contributed by atoms with Gasteiger partial charge in [0.2, 0.25) is 0 Å². The van der Waals surface area contributed by atoms with Crippen LogP contribution in [0.3, 0.4) is 0 Å². The first-order valence-corrected chi connectivity index (χ1v) is 7.67. The number of hydrogen-bond donors (Lipinski definition) is 0. The first-order chi connectivity index (χ1) is 9.34. The van der Waals surface area contributed by atoms with Gasteiger partial charge in [-0.25, -0.2) is 0 Å². The van der Waals surface area contributed by atoms with Crippen molar-refractivity contribution in [3.63, 3.8) is 0 Å². The summed E-state index contributed by atoms with van der Waals surface area (Å²) in [4.78, 5) is 0. The van der Waals surface area contributed by atoms with Crippen LogP contribution in [0.2, 0.25) is 0 Å². The third-order valence-electron chi connectivity index (χ3n) is 3.04. The maximum Gasteiger partial charge on any atom is 0.420 e. The molecule has 1 nitrogen and oxygen atoms in total. The molecule has 0 aliphatic carbocycles. The number of rotatable bonds is 7. The topological polar surface area (TPSA) is 9.23 Å². The summed E-state index contributed by atoms with van der Waals surface area (Å²) in [5, 5.41) is 0. The molecule has 0 aromatic heterocycles. The second-order valence-corrected chi connectivity index (χ2v) is 5.83. The SMILES string of the molecule is CCCCCC[C@@H](C)Oc1ccc(Br)cc1C(F)(F)F. The zero-order valence-electron chi connectivity index (χ0n) is 11.8. The molecule has 0 bridgehead atoms. The van der Waals surface area contributed by atoms with E-state index in [0.29, 0.717) is 4.47 Å². The van der Waals surface area contributed by atoms with E-state index in [1.807, 2.05) is 6.92 Å². The molecule has 1 rings (SSSR count). The van der Waals surface area contributed by atoms with E-state index in [2.05, 4.69) is 22.9 Å². The van der Waals surface area contributed by atoms with Crippen molar-refractivity contribution in [1.29, 1.82) is 0 Å². The standard InChI is InChI=1S/C15H20BrF3O/c1-3-4-5-6-7-11(2)20-14-9-8-12(16)10-13(14)15(17,18)19/h8-11H,3-7H2,1-2H3/t11-/m1/s1. The summed E-state index contributed by atoms with van der Waals surface area (Å²) in [7, 11) is 0. The normalized spacial score (nSPS) is 13.3. The number of hydrogen-bond acceptors (Lipinski definition) is 1. The van der Waals surface area contributed by atoms with Gasteiger partial charge in [0.15, 0.2) is 0 Å². The number of benzene rings is 1. The van der Waals surface area contributed by atoms with Crippen LogP contribution in [0.5, 0.6) is 5.75 Å². The van der Waals surface area contributed by atoms with Crippen LogP contribution in [-0.4, -0.2) is 6.10 Å². The van der Waals surface area contributed by atoms with Gasteiger partial charge in [0.1, 0.15) is 5.75 Å². The molecule has 0 heterocycles. The molecule has 0 N–H and O–H groups in total. The summed E-state index contributed by atoms with van der Waals surface area (Å²) in [5.41, 5.74) is -0.729. The molecule has 0 saturated heterocycles. The summed E-state index contributed by atoms with van der Waals surface area (Å²) < 4.78 is 44.7. The minimum Gasteiger partial charge on any atom is -0.490 e. The molecule has 1 aromatic rings. The van der Waals surface area contributed by atoms with E-state index in [-0.39, 0.29) is 11.9 Å². The highest BCUT2D eigenvalue weighted by atomic mass is 79.9. The molecule has 0 fully saturated rings. The van der Waals surface area contributed by atoms with Gasteiger partial charge in [0.05, 0.1) is 11.7 Å². The van der Waals surface area contributed by atoms with Crippen molar-refractivity contribution in [2.45, 2.75) is 58.2 Å². The highest BCUT2D eigenvalue weighted by Crippen LogP contribution is 2.38. The van der Waals surface area contributed by atoms with Crippen LogP contribution >= 0.6 is 15.9 Å². The van der Waals surface area contributed by atoms with Crippen molar-refractivity contribution in [2.75, 3.05) is 0 Å². The molecule has 0 spiro atoms. The summed E-state index contributed by atoms with van der Waals surface area (Å²) in [6.45, 7) is 3.94. The van der Waals surface area contributed by atoms with Crippen LogP contribution in [0.1, 0.15) is 51.5 Å². The second kappa shape index (κ2) is 7.91. The fourth-order valence-corrected chi connectivity index (χ4v) is 2.32. The summed E-state index contributed by atoms with van der Waals surface area (Å²) in [5.74, 6) is -0.0938. The molecule has 0 aliphatic heterocycles. The Hall–Kier alpha value is -0.710. The Morgan fingerprint density at radius 1 is 1.20 bits per heavy atom. The maximum atomic E-state index is 12.9. The minimum atomic E-state index is -4.40. The van der Waals surface area contributed by atoms with Crippen LogP contribution in [0.15, 0.2) is 22.7 Å². The van der Waals surface area contributed by atoms with Gasteiger partial charge in [-0.1, -0.05) is 42.1 Å². The van der Waals surface area contributed by atoms with E-state index in [1.54, 1.807) is 6.07 Å². The van der Waals surface area contributed by atoms with Crippen LogP contribution in [0, 0.1) is 0 Å². The molecule has 0 saturated carbocycles. The lowest BCUT2D eigenvalue weighted by Crippen LogP contribution is -2.15. The van der Waals surface area contributed by atoms with E-state index in [0.717, 1.165) is 38.2 Å². The van der Waals surface area contributed by atoms with E-state index in [9.17, 15) is 13.2 Å². The molecule has 5 heteroatoms. The zero-order chi connectivity index (χ0) is 15.2. The Morgan fingerprint density at radius 3 is 2.50 bits per heavy atom. The summed E-state index contributed by atoms with van der Waals surface area (Å²) >= 11 is 3.06. The predicted molar refractivity (Wildman–Crippen MR) is 78.0 cm³/mol. The number of ether oxygens (including phenoxy) is 1. The monoisotopic (exact) mass is 352 g/mol. The van der Waals surface area contributed by atoms with Gasteiger partial charge >= 0.3 is 6.18 Å². The van der Waals surface area contributed by atoms with Gasteiger partial charge in [-0.05, 0) is 38.0 Å². The minimum absolute atomic E-state index is 0.0938. The highest BCUT2D eigenvalue weighted by Gasteiger charge is 2.34. The molecule has 0 unspecified atom stereocenters. The van der Waals surface area contributed by atoms with Crippen LogP contribution in [0.25, 0.3) is 0 Å². The largest absolute Gasteiger partial charge is 0.490 e. The molecule has 0 amide bonds. The summed E-state index contributed by atoms with van der Waals surface area (Å²) in [6.07, 6.45) is 0.519. The lowest BCUT2D eigenvalue weighted by Gasteiger charge is -2.19. The Kier molecular flexibility index (Phi) is 6.86. The number of unbranched alkanes of at least 4 members (excludes halogenated alkanes) is 3. The van der Waals surface area contributed by atoms with E-state index in [4.69, 9.17) is 4.74 Å². The van der Waals surface area contributed by atoms with E-state index < -0.39 is 11.7 Å². The van der Waals surface area contributed by atoms with Crippen LogP contribution in [0.4, 0.5) is 13.2 Å². The molecular formula is C15H20BrF3O. The van der Waals surface area contributed by atoms with Crippen LogP contribution in [-0.2, 0) is 6.18 Å². The van der Waals surface area contributed by atoms with Crippen molar-refractivity contribution in [3.05, 3.63) is 28.2 Å². The molecular weight excluding hydrogens is 333 g/mol. The molecule has 20 heavy (non-hydrogen) atoms. The van der Waals surface area contributed by atoms with Crippen molar-refractivity contribution in [3.8, 4) is 5.75 Å². The van der Waals surface area contributed by atoms with E-state index in [1.165, 1.54) is 6.07 Å². The third kappa shape index (κ3) is 5.73. The Balaban J connectivity index is 2.67. The molecule has 114 valence electrons. The average Bonchev–Trinajstić information content (AvgIpc) is 2.35. The zero-order valence-corrected chi connectivity index (χ0v) is 13.4. The molecule has 1 atom stereocenters. The van der Waals surface area contributed by atoms with Gasteiger partial charge in [0.25, 0.3) is 0 Å². The number of halogens is 4. The van der Waals surface area contributed by atoms with Crippen molar-refractivity contribution >= 4 is 15.9 Å². The second-order valence-electron chi connectivity index (χ2n) is 4.92.